The number of nitrogens with two attached hydrogens (primary N) is 1. The van der Waals surface area contributed by atoms with Crippen LogP contribution < -0.4 is 19.9 Å². The number of carbonyl (C=O) groups excluding carboxylic acids is 4. The van der Waals surface area contributed by atoms with Gasteiger partial charge < -0.3 is 34.6 Å². The highest BCUT2D eigenvalue weighted by molar-refractivity contribution is 9.93. The van der Waals surface area contributed by atoms with Gasteiger partial charge in [0.05, 0.1) is 78.3 Å². The third-order valence-corrected chi connectivity index (χ3v) is 11.0. The van der Waals surface area contributed by atoms with Gasteiger partial charge in [-0.2, -0.15) is 5.26 Å². The second kappa shape index (κ2) is 33.8. The smallest absolute Gasteiger partial charge is 0.270 e. The molecule has 0 aliphatic carbocycles. The van der Waals surface area contributed by atoms with E-state index in [4.69, 9.17) is 63.0 Å². The van der Waals surface area contributed by atoms with E-state index in [-0.39, 0.29) is 96.2 Å². The van der Waals surface area contributed by atoms with Crippen molar-refractivity contribution >= 4 is 130 Å². The Kier molecular flexibility index (Phi) is 28.6. The molecule has 0 saturated carbocycles. The Morgan fingerprint density at radius 1 is 0.593 bits per heavy atom. The summed E-state index contributed by atoms with van der Waals surface area (Å²) in [5.41, 5.74) is 6.52. The molecule has 7 aromatic rings. The molecule has 7 rings (SSSR count). The minimum absolute atomic E-state index is 0.00732. The fraction of sp³-hybridized carbons (Fsp3) is 0.173. The lowest BCUT2D eigenvalue weighted by molar-refractivity contribution is -0.385. The van der Waals surface area contributed by atoms with Gasteiger partial charge in [-0.05, 0) is 95.3 Å². The minimum atomic E-state index is -0.619. The summed E-state index contributed by atoms with van der Waals surface area (Å²) in [6.07, 6.45) is 0. The van der Waals surface area contributed by atoms with Crippen molar-refractivity contribution in [1.29, 1.82) is 5.26 Å². The van der Waals surface area contributed by atoms with Crippen LogP contribution in [-0.4, -0.2) is 78.2 Å². The van der Waals surface area contributed by atoms with Crippen LogP contribution in [0.25, 0.3) is 11.0 Å². The lowest BCUT2D eigenvalue weighted by atomic mass is 10.1. The highest BCUT2D eigenvalue weighted by Crippen LogP contribution is 2.35. The van der Waals surface area contributed by atoms with Crippen molar-refractivity contribution in [1.82, 2.24) is 0 Å². The number of ether oxygens (including phenoxy) is 3. The zero-order valence-electron chi connectivity index (χ0n) is 42.9. The molecule has 1 aromatic heterocycles. The number of nitrogens with zero attached hydrogens (tertiary/aromatic N) is 5. The van der Waals surface area contributed by atoms with Crippen molar-refractivity contribution in [2.24, 2.45) is 0 Å². The summed E-state index contributed by atoms with van der Waals surface area (Å²) in [6.45, 7) is 9.00. The molecule has 0 aliphatic rings. The van der Waals surface area contributed by atoms with E-state index in [2.05, 4.69) is 44.2 Å². The molecule has 4 N–H and O–H groups in total. The summed E-state index contributed by atoms with van der Waals surface area (Å²) in [4.78, 5) is 86.6. The Bertz CT molecular complexity index is 3500. The second-order valence-electron chi connectivity index (χ2n) is 15.3. The van der Waals surface area contributed by atoms with Crippen molar-refractivity contribution in [3.05, 3.63) is 193 Å². The summed E-state index contributed by atoms with van der Waals surface area (Å²) >= 11 is 20.0. The molecule has 24 nitrogen and oxygen atoms in total. The number of nitro benzene ring substituents is 4. The number of nitro groups is 4. The van der Waals surface area contributed by atoms with E-state index in [1.165, 1.54) is 80.6 Å². The van der Waals surface area contributed by atoms with Gasteiger partial charge in [-0.1, -0.05) is 39.1 Å². The van der Waals surface area contributed by atoms with Crippen LogP contribution in [0.5, 0.6) is 28.7 Å². The highest BCUT2D eigenvalue weighted by Gasteiger charge is 2.26. The highest BCUT2D eigenvalue weighted by atomic mass is 80.9. The molecule has 426 valence electrons. The molecular weight excluding hydrogens is 1310 g/mol. The zero-order chi connectivity index (χ0) is 61.3. The molecule has 0 fully saturated rings. The van der Waals surface area contributed by atoms with E-state index < -0.39 is 31.3 Å². The van der Waals surface area contributed by atoms with Gasteiger partial charge in [-0.15, -0.1) is 0 Å². The number of rotatable bonds is 16. The van der Waals surface area contributed by atoms with Gasteiger partial charge in [0.25, 0.3) is 22.7 Å². The number of nitriles is 1. The largest absolute Gasteiger partial charge is 0.507 e. The Balaban J connectivity index is 0.000000355. The minimum Gasteiger partial charge on any atom is -0.507 e. The topological polar surface area (TPSA) is 372 Å². The van der Waals surface area contributed by atoms with Crippen molar-refractivity contribution in [3.63, 3.8) is 0 Å². The molecule has 0 aliphatic heterocycles. The Morgan fingerprint density at radius 2 is 0.975 bits per heavy atom. The number of halogens is 5. The van der Waals surface area contributed by atoms with Crippen LogP contribution in [-0.2, 0) is 0 Å². The fourth-order valence-electron chi connectivity index (χ4n) is 6.38. The first-order valence-electron chi connectivity index (χ1n) is 22.7. The Labute approximate surface area is 493 Å². The summed E-state index contributed by atoms with van der Waals surface area (Å²) in [7, 11) is 0. The van der Waals surface area contributed by atoms with Gasteiger partial charge in [-0.25, -0.2) is 0 Å². The monoisotopic (exact) mass is 1350 g/mol. The first-order chi connectivity index (χ1) is 38.3. The number of carbonyl (C=O) groups is 4. The quantitative estimate of drug-likeness (QED) is 0.0350. The van der Waals surface area contributed by atoms with Crippen LogP contribution in [0, 0.1) is 51.8 Å². The van der Waals surface area contributed by atoms with Crippen molar-refractivity contribution < 1.29 is 67.7 Å². The maximum Gasteiger partial charge on any atom is 0.270 e. The number of phenolic OH excluding ortho intramolecular Hbond substituents is 2. The number of furan rings is 1. The average molecular weight is 1350 g/mol. The number of aromatic hydroxyl groups is 2. The predicted octanol–water partition coefficient (Wildman–Crippen LogP) is 14.1. The number of Topliss-reactive ketones (excluding diaryl/α,β-unsaturated/α-hetero) is 3. The van der Waals surface area contributed by atoms with Gasteiger partial charge >= 0.3 is 0 Å². The predicted molar refractivity (Wildman–Crippen MR) is 310 cm³/mol. The van der Waals surface area contributed by atoms with Gasteiger partial charge in [0, 0.05) is 92.2 Å². The molecule has 0 bridgehead atoms. The molecule has 29 heteroatoms. The number of benzene rings is 6. The fourth-order valence-corrected chi connectivity index (χ4v) is 7.02. The number of anilines is 1. The van der Waals surface area contributed by atoms with E-state index >= 15 is 0 Å². The van der Waals surface area contributed by atoms with Gasteiger partial charge in [0.1, 0.15) is 40.4 Å². The van der Waals surface area contributed by atoms with Gasteiger partial charge in [0.15, 0.2) is 23.1 Å². The van der Waals surface area contributed by atoms with E-state index in [0.717, 1.165) is 24.3 Å². The maximum absolute atomic E-state index is 12.9. The first-order valence-corrected chi connectivity index (χ1v) is 28.3. The van der Waals surface area contributed by atoms with Crippen LogP contribution in [0.2, 0.25) is 10.0 Å². The van der Waals surface area contributed by atoms with Crippen LogP contribution in [0.1, 0.15) is 87.4 Å². The number of hydrogen-bond acceptors (Lipinski definition) is 20. The number of phenols is 2. The van der Waals surface area contributed by atoms with Crippen LogP contribution in [0.4, 0.5) is 28.4 Å². The number of fused-ring (bicyclic) bond motifs is 1. The van der Waals surface area contributed by atoms with Crippen molar-refractivity contribution in [2.45, 2.75) is 34.6 Å². The Hall–Kier alpha value is -8.55. The lowest BCUT2D eigenvalue weighted by Crippen LogP contribution is -2.07. The first kappa shape index (κ1) is 68.6. The zero-order valence-corrected chi connectivity index (χ0v) is 49.1. The van der Waals surface area contributed by atoms with E-state index in [1.807, 2.05) is 0 Å². The summed E-state index contributed by atoms with van der Waals surface area (Å²) in [5, 5.41) is 70.4. The third kappa shape index (κ3) is 20.3. The molecule has 0 unspecified atom stereocenters. The molecule has 1 heterocycles. The summed E-state index contributed by atoms with van der Waals surface area (Å²) < 4.78 is 21.4. The number of ketones is 4. The van der Waals surface area contributed by atoms with Crippen molar-refractivity contribution in [2.75, 3.05) is 30.9 Å². The number of non-ortho nitro benzene ring substituents is 4. The Morgan fingerprint density at radius 3 is 1.40 bits per heavy atom. The second-order valence-corrected chi connectivity index (χ2v) is 16.8. The maximum atomic E-state index is 12.9. The van der Waals surface area contributed by atoms with Crippen molar-refractivity contribution in [3.8, 4) is 34.8 Å². The van der Waals surface area contributed by atoms with Crippen LogP contribution >= 0.6 is 67.4 Å². The lowest BCUT2D eigenvalue weighted by Gasteiger charge is -2.08. The molecule has 0 amide bonds. The van der Waals surface area contributed by atoms with Gasteiger partial charge in [-0.3, -0.25) is 59.6 Å². The molecule has 0 spiro atoms. The standard InChI is InChI=1S/C17H13ClN2O5.C10H10BrNO4.C10H11NO4.C8H7NO4.C7H4ClNO.Br2/c1-2-24-13-6-4-10(20(22)23)8-12(13)16(21)17-15(19)11-7-9(18)3-5-14(11)25-17;1-2-16-10-4-3-7(12(14)15)5-8(10)9(13)6-11;1-3-15-10-5-4-8(11(13)14)6-9(10)7(2)12;1-5(10)7-4-6(9(12)13)2-3-8(7)11;8-6-1-2-7(10)5(3-6)4-9;1-2/h3-8H,2,19H2,1H3;3-5H,2,6H2,1H3;4-6H,3H2,1-2H3;2-4,11H,1H3;1-3,10H;. The molecule has 0 atom stereocenters. The van der Waals surface area contributed by atoms with E-state index in [9.17, 15) is 59.6 Å². The molecular formula is C52H45Br3Cl2N6O18. The van der Waals surface area contributed by atoms with E-state index in [1.54, 1.807) is 45.0 Å². The normalized spacial score (nSPS) is 9.79. The summed E-state index contributed by atoms with van der Waals surface area (Å²) in [5.74, 6) is -0.902. The summed E-state index contributed by atoms with van der Waals surface area (Å²) in [6, 6.07) is 26.0. The van der Waals surface area contributed by atoms with Crippen LogP contribution in [0.15, 0.2) is 114 Å². The van der Waals surface area contributed by atoms with E-state index in [0.29, 0.717) is 52.3 Å². The molecule has 81 heavy (non-hydrogen) atoms. The number of hydrogen-bond donors (Lipinski definition) is 3. The molecule has 0 radical (unpaired) electrons. The van der Waals surface area contributed by atoms with Crippen LogP contribution in [0.3, 0.4) is 0 Å². The molecule has 0 saturated heterocycles. The average Bonchev–Trinajstić information content (AvgIpc) is 3.77. The third-order valence-electron chi connectivity index (χ3n) is 10.0. The SMILES string of the molecule is BrBr.CC(=O)c1cc([N+](=O)[O-])ccc1O.CCOc1ccc([N+](=O)[O-])cc1C(=O)CBr.CCOc1ccc([N+](=O)[O-])cc1C(=O)c1oc2ccc(Cl)cc2c1N.CCOc1ccc([N+](=O)[O-])cc1C(C)=O.N#Cc1cc(Cl)ccc1O. The van der Waals surface area contributed by atoms with Gasteiger partial charge in [0.2, 0.25) is 5.78 Å². The number of nitrogen functional groups attached to an aromatic ring is 1. The number of alkyl halides is 1. The molecule has 6 aromatic carbocycles.